The van der Waals surface area contributed by atoms with E-state index >= 15 is 0 Å². The molecule has 1 heterocycles. The van der Waals surface area contributed by atoms with E-state index in [4.69, 9.17) is 4.42 Å². The summed E-state index contributed by atoms with van der Waals surface area (Å²) in [7, 11) is 1.54. The molecule has 0 aliphatic carbocycles. The number of hydrogen-bond acceptors (Lipinski definition) is 4. The van der Waals surface area contributed by atoms with Crippen LogP contribution in [0.2, 0.25) is 0 Å². The summed E-state index contributed by atoms with van der Waals surface area (Å²) in [6, 6.07) is 3.28. The Kier molecular flexibility index (Phi) is 6.35. The van der Waals surface area contributed by atoms with Crippen LogP contribution in [-0.2, 0) is 11.3 Å². The van der Waals surface area contributed by atoms with Gasteiger partial charge in [0.1, 0.15) is 5.76 Å². The summed E-state index contributed by atoms with van der Waals surface area (Å²) in [4.78, 5) is 22.7. The Balaban J connectivity index is 2.32. The number of carbonyl (C=O) groups excluding carboxylic acids is 2. The fourth-order valence-electron chi connectivity index (χ4n) is 1.30. The van der Waals surface area contributed by atoms with E-state index < -0.39 is 0 Å². The van der Waals surface area contributed by atoms with Gasteiger partial charge in [-0.05, 0) is 17.9 Å². The van der Waals surface area contributed by atoms with E-state index in [1.165, 1.54) is 7.05 Å². The van der Waals surface area contributed by atoms with E-state index in [1.807, 2.05) is 0 Å². The van der Waals surface area contributed by atoms with Crippen LogP contribution in [0, 0.1) is 0 Å². The highest BCUT2D eigenvalue weighted by Gasteiger charge is 2.09. The smallest absolute Gasteiger partial charge is 0.286 e. The minimum Gasteiger partial charge on any atom is -0.454 e. The monoisotopic (exact) mass is 270 g/mol. The molecular formula is C12H18N2O3S. The Morgan fingerprint density at radius 3 is 2.83 bits per heavy atom. The highest BCUT2D eigenvalue weighted by molar-refractivity contribution is 7.99. The first-order valence-electron chi connectivity index (χ1n) is 5.82. The molecule has 100 valence electrons. The first-order chi connectivity index (χ1) is 8.67. The molecule has 1 rings (SSSR count). The molecule has 0 aromatic carbocycles. The second-order valence-corrected chi connectivity index (χ2v) is 4.96. The molecular weight excluding hydrogens is 252 g/mol. The minimum absolute atomic E-state index is 0.00570. The van der Waals surface area contributed by atoms with Crippen LogP contribution in [0.4, 0.5) is 0 Å². The van der Waals surface area contributed by atoms with Crippen molar-refractivity contribution in [2.45, 2.75) is 19.9 Å². The third-order valence-corrected chi connectivity index (χ3v) is 3.15. The van der Waals surface area contributed by atoms with Crippen molar-refractivity contribution in [1.29, 1.82) is 0 Å². The topological polar surface area (TPSA) is 71.3 Å². The summed E-state index contributed by atoms with van der Waals surface area (Å²) < 4.78 is 5.28. The normalized spacial score (nSPS) is 10.1. The molecule has 0 atom stereocenters. The average molecular weight is 270 g/mol. The van der Waals surface area contributed by atoms with E-state index in [-0.39, 0.29) is 17.6 Å². The van der Waals surface area contributed by atoms with Gasteiger partial charge >= 0.3 is 0 Å². The van der Waals surface area contributed by atoms with Crippen LogP contribution in [0.1, 0.15) is 29.7 Å². The van der Waals surface area contributed by atoms with Gasteiger partial charge in [-0.1, -0.05) is 6.92 Å². The summed E-state index contributed by atoms with van der Waals surface area (Å²) in [5.41, 5.74) is 0. The van der Waals surface area contributed by atoms with Gasteiger partial charge < -0.3 is 15.1 Å². The van der Waals surface area contributed by atoms with Gasteiger partial charge in [0.2, 0.25) is 5.91 Å². The lowest BCUT2D eigenvalue weighted by Crippen LogP contribution is -2.22. The summed E-state index contributed by atoms with van der Waals surface area (Å²) in [5, 5.41) is 5.22. The largest absolute Gasteiger partial charge is 0.454 e. The van der Waals surface area contributed by atoms with Crippen LogP contribution in [0.5, 0.6) is 0 Å². The first kappa shape index (κ1) is 14.6. The number of nitrogens with one attached hydrogen (secondary N) is 2. The standard InChI is InChI=1S/C12H18N2O3S/c1-3-18-7-6-11(15)14-8-9-4-5-10(17-9)12(16)13-2/h4-5H,3,6-8H2,1-2H3,(H,13,16)(H,14,15). The van der Waals surface area contributed by atoms with Crippen LogP contribution in [-0.4, -0.2) is 30.4 Å². The molecule has 0 aliphatic rings. The maximum absolute atomic E-state index is 11.4. The number of thioether (sulfide) groups is 1. The molecule has 18 heavy (non-hydrogen) atoms. The Hall–Kier alpha value is -1.43. The van der Waals surface area contributed by atoms with Gasteiger partial charge in [0.15, 0.2) is 5.76 Å². The number of amides is 2. The second kappa shape index (κ2) is 7.81. The van der Waals surface area contributed by atoms with Crippen molar-refractivity contribution in [1.82, 2.24) is 10.6 Å². The quantitative estimate of drug-likeness (QED) is 0.735. The molecule has 1 aromatic rings. The van der Waals surface area contributed by atoms with Crippen molar-refractivity contribution in [3.63, 3.8) is 0 Å². The molecule has 0 unspecified atom stereocenters. The first-order valence-corrected chi connectivity index (χ1v) is 6.98. The van der Waals surface area contributed by atoms with Crippen molar-refractivity contribution in [2.24, 2.45) is 0 Å². The lowest BCUT2D eigenvalue weighted by atomic mass is 10.4. The summed E-state index contributed by atoms with van der Waals surface area (Å²) in [6.07, 6.45) is 0.502. The molecule has 0 bridgehead atoms. The van der Waals surface area contributed by atoms with Crippen LogP contribution < -0.4 is 10.6 Å². The molecule has 0 radical (unpaired) electrons. The molecule has 0 saturated heterocycles. The number of furan rings is 1. The lowest BCUT2D eigenvalue weighted by molar-refractivity contribution is -0.120. The van der Waals surface area contributed by atoms with E-state index in [0.717, 1.165) is 11.5 Å². The Labute approximate surface area is 111 Å². The molecule has 0 saturated carbocycles. The van der Waals surface area contributed by atoms with E-state index in [2.05, 4.69) is 17.6 Å². The SMILES string of the molecule is CCSCCC(=O)NCc1ccc(C(=O)NC)o1. The van der Waals surface area contributed by atoms with Crippen molar-refractivity contribution < 1.29 is 14.0 Å². The summed E-state index contributed by atoms with van der Waals surface area (Å²) in [5.74, 6) is 2.39. The van der Waals surface area contributed by atoms with E-state index in [0.29, 0.717) is 18.7 Å². The van der Waals surface area contributed by atoms with Gasteiger partial charge in [0.25, 0.3) is 5.91 Å². The Morgan fingerprint density at radius 1 is 1.39 bits per heavy atom. The molecule has 5 nitrogen and oxygen atoms in total. The summed E-state index contributed by atoms with van der Waals surface area (Å²) >= 11 is 1.73. The number of rotatable bonds is 7. The lowest BCUT2D eigenvalue weighted by Gasteiger charge is -2.02. The van der Waals surface area contributed by atoms with Crippen LogP contribution >= 0.6 is 11.8 Å². The van der Waals surface area contributed by atoms with Gasteiger partial charge in [0.05, 0.1) is 6.54 Å². The molecule has 0 fully saturated rings. The Morgan fingerprint density at radius 2 is 2.17 bits per heavy atom. The third-order valence-electron chi connectivity index (χ3n) is 2.25. The van der Waals surface area contributed by atoms with Gasteiger partial charge in [-0.3, -0.25) is 9.59 Å². The van der Waals surface area contributed by atoms with Crippen molar-refractivity contribution in [3.05, 3.63) is 23.7 Å². The van der Waals surface area contributed by atoms with Gasteiger partial charge in [0, 0.05) is 19.2 Å². The van der Waals surface area contributed by atoms with E-state index in [9.17, 15) is 9.59 Å². The maximum Gasteiger partial charge on any atom is 0.286 e. The zero-order valence-electron chi connectivity index (χ0n) is 10.6. The Bertz CT molecular complexity index is 404. The minimum atomic E-state index is -0.271. The third kappa shape index (κ3) is 4.83. The van der Waals surface area contributed by atoms with Crippen molar-refractivity contribution in [3.8, 4) is 0 Å². The summed E-state index contributed by atoms with van der Waals surface area (Å²) in [6.45, 7) is 2.37. The highest BCUT2D eigenvalue weighted by atomic mass is 32.2. The molecule has 0 spiro atoms. The van der Waals surface area contributed by atoms with Gasteiger partial charge in [-0.25, -0.2) is 0 Å². The molecule has 6 heteroatoms. The van der Waals surface area contributed by atoms with Gasteiger partial charge in [-0.15, -0.1) is 0 Å². The zero-order valence-corrected chi connectivity index (χ0v) is 11.4. The fourth-order valence-corrected chi connectivity index (χ4v) is 1.92. The zero-order chi connectivity index (χ0) is 13.4. The van der Waals surface area contributed by atoms with Crippen LogP contribution in [0.3, 0.4) is 0 Å². The predicted molar refractivity (Wildman–Crippen MR) is 71.6 cm³/mol. The van der Waals surface area contributed by atoms with Crippen molar-refractivity contribution in [2.75, 3.05) is 18.6 Å². The van der Waals surface area contributed by atoms with Crippen LogP contribution in [0.25, 0.3) is 0 Å². The maximum atomic E-state index is 11.4. The van der Waals surface area contributed by atoms with Crippen molar-refractivity contribution >= 4 is 23.6 Å². The molecule has 2 N–H and O–H groups in total. The number of hydrogen-bond donors (Lipinski definition) is 2. The fraction of sp³-hybridized carbons (Fsp3) is 0.500. The highest BCUT2D eigenvalue weighted by Crippen LogP contribution is 2.07. The predicted octanol–water partition coefficient (Wildman–Crippen LogP) is 1.40. The van der Waals surface area contributed by atoms with Gasteiger partial charge in [-0.2, -0.15) is 11.8 Å². The second-order valence-electron chi connectivity index (χ2n) is 3.57. The molecule has 1 aromatic heterocycles. The molecule has 0 aliphatic heterocycles. The van der Waals surface area contributed by atoms with Crippen LogP contribution in [0.15, 0.2) is 16.5 Å². The number of carbonyl (C=O) groups is 2. The van der Waals surface area contributed by atoms with E-state index in [1.54, 1.807) is 23.9 Å². The molecule has 2 amide bonds. The average Bonchev–Trinajstić information content (AvgIpc) is 2.84.